The summed E-state index contributed by atoms with van der Waals surface area (Å²) < 4.78 is 10.8. The van der Waals surface area contributed by atoms with Crippen molar-refractivity contribution in [1.82, 2.24) is 15.5 Å². The van der Waals surface area contributed by atoms with Crippen molar-refractivity contribution in [2.24, 2.45) is 0 Å². The van der Waals surface area contributed by atoms with Gasteiger partial charge in [0.2, 0.25) is 0 Å². The number of hydrogen-bond donors (Lipinski definition) is 1. The minimum absolute atomic E-state index is 0. The van der Waals surface area contributed by atoms with E-state index in [2.05, 4.69) is 15.5 Å². The summed E-state index contributed by atoms with van der Waals surface area (Å²) in [6.45, 7) is 2.24. The molecule has 2 heterocycles. The van der Waals surface area contributed by atoms with E-state index in [0.29, 0.717) is 31.3 Å². The number of aromatic nitrogens is 2. The second kappa shape index (κ2) is 7.04. The maximum absolute atomic E-state index is 5.85. The lowest BCUT2D eigenvalue weighted by Crippen LogP contribution is -2.33. The number of morpholine rings is 1. The van der Waals surface area contributed by atoms with Crippen LogP contribution in [0.2, 0.25) is 5.02 Å². The number of benzene rings is 1. The molecule has 1 saturated heterocycles. The van der Waals surface area contributed by atoms with Crippen molar-refractivity contribution in [3.8, 4) is 0 Å². The van der Waals surface area contributed by atoms with Crippen molar-refractivity contribution < 1.29 is 9.26 Å². The molecule has 1 aliphatic heterocycles. The minimum atomic E-state index is -0.139. The molecule has 20 heavy (non-hydrogen) atoms. The zero-order valence-corrected chi connectivity index (χ0v) is 12.3. The lowest BCUT2D eigenvalue weighted by Gasteiger charge is -2.19. The quantitative estimate of drug-likeness (QED) is 0.942. The summed E-state index contributed by atoms with van der Waals surface area (Å²) in [6.07, 6.45) is 0.487. The number of hydrogen-bond acceptors (Lipinski definition) is 5. The van der Waals surface area contributed by atoms with Gasteiger partial charge in [-0.25, -0.2) is 0 Å². The number of halogens is 2. The van der Waals surface area contributed by atoms with Gasteiger partial charge in [-0.1, -0.05) is 28.9 Å². The molecule has 108 valence electrons. The predicted molar refractivity (Wildman–Crippen MR) is 77.4 cm³/mol. The molecule has 1 aliphatic rings. The molecule has 3 rings (SSSR count). The van der Waals surface area contributed by atoms with E-state index >= 15 is 0 Å². The van der Waals surface area contributed by atoms with Crippen molar-refractivity contribution in [3.05, 3.63) is 46.6 Å². The van der Waals surface area contributed by atoms with Gasteiger partial charge in [-0.3, -0.25) is 0 Å². The Balaban J connectivity index is 0.00000147. The van der Waals surface area contributed by atoms with E-state index in [1.165, 1.54) is 0 Å². The van der Waals surface area contributed by atoms with Crippen molar-refractivity contribution in [2.45, 2.75) is 12.5 Å². The molecule has 0 radical (unpaired) electrons. The van der Waals surface area contributed by atoms with Crippen LogP contribution in [-0.4, -0.2) is 29.8 Å². The fourth-order valence-corrected chi connectivity index (χ4v) is 2.10. The summed E-state index contributed by atoms with van der Waals surface area (Å²) in [4.78, 5) is 4.38. The molecule has 0 saturated carbocycles. The third-order valence-corrected chi connectivity index (χ3v) is 3.21. The topological polar surface area (TPSA) is 60.2 Å². The second-order valence-electron chi connectivity index (χ2n) is 4.42. The third-order valence-electron chi connectivity index (χ3n) is 2.96. The van der Waals surface area contributed by atoms with Crippen LogP contribution in [0.4, 0.5) is 0 Å². The summed E-state index contributed by atoms with van der Waals surface area (Å²) in [5.41, 5.74) is 1.10. The molecule has 1 N–H and O–H groups in total. The van der Waals surface area contributed by atoms with Gasteiger partial charge >= 0.3 is 0 Å². The number of ether oxygens (including phenoxy) is 1. The predicted octanol–water partition coefficient (Wildman–Crippen LogP) is 2.40. The van der Waals surface area contributed by atoms with Gasteiger partial charge in [0.15, 0.2) is 5.82 Å². The first-order chi connectivity index (χ1) is 9.31. The van der Waals surface area contributed by atoms with Crippen LogP contribution in [0.5, 0.6) is 0 Å². The van der Waals surface area contributed by atoms with Gasteiger partial charge in [0, 0.05) is 24.5 Å². The van der Waals surface area contributed by atoms with Crippen LogP contribution in [0.15, 0.2) is 28.8 Å². The van der Waals surface area contributed by atoms with E-state index in [9.17, 15) is 0 Å². The van der Waals surface area contributed by atoms with Gasteiger partial charge in [-0.2, -0.15) is 4.98 Å². The Morgan fingerprint density at radius 3 is 2.80 bits per heavy atom. The molecule has 0 amide bonds. The number of nitrogens with zero attached hydrogens (tertiary/aromatic N) is 2. The first-order valence-corrected chi connectivity index (χ1v) is 6.58. The van der Waals surface area contributed by atoms with Gasteiger partial charge in [-0.15, -0.1) is 12.4 Å². The molecule has 1 fully saturated rings. The molecule has 5 nitrogen and oxygen atoms in total. The monoisotopic (exact) mass is 315 g/mol. The van der Waals surface area contributed by atoms with Crippen LogP contribution in [0.1, 0.15) is 23.4 Å². The van der Waals surface area contributed by atoms with Crippen molar-refractivity contribution >= 4 is 24.0 Å². The van der Waals surface area contributed by atoms with Crippen molar-refractivity contribution in [2.75, 3.05) is 19.7 Å². The molecule has 1 aromatic carbocycles. The van der Waals surface area contributed by atoms with Crippen molar-refractivity contribution in [1.29, 1.82) is 0 Å². The lowest BCUT2D eigenvalue weighted by atomic mass is 10.1. The Morgan fingerprint density at radius 1 is 1.30 bits per heavy atom. The molecule has 1 atom stereocenters. The van der Waals surface area contributed by atoms with E-state index in [1.54, 1.807) is 0 Å². The average Bonchev–Trinajstić information content (AvgIpc) is 2.91. The highest BCUT2D eigenvalue weighted by Crippen LogP contribution is 2.18. The summed E-state index contributed by atoms with van der Waals surface area (Å²) in [5.74, 6) is 1.20. The van der Waals surface area contributed by atoms with Crippen LogP contribution in [0.3, 0.4) is 0 Å². The molecule has 0 spiro atoms. The Labute approximate surface area is 128 Å². The minimum Gasteiger partial charge on any atom is -0.366 e. The normalized spacial score (nSPS) is 18.6. The molecular weight excluding hydrogens is 301 g/mol. The highest BCUT2D eigenvalue weighted by molar-refractivity contribution is 6.30. The molecule has 2 aromatic rings. The molecule has 1 aromatic heterocycles. The largest absolute Gasteiger partial charge is 0.366 e. The summed E-state index contributed by atoms with van der Waals surface area (Å²) >= 11 is 5.85. The maximum atomic E-state index is 5.85. The van der Waals surface area contributed by atoms with E-state index in [1.807, 2.05) is 24.3 Å². The molecule has 0 unspecified atom stereocenters. The van der Waals surface area contributed by atoms with Crippen LogP contribution >= 0.6 is 24.0 Å². The second-order valence-corrected chi connectivity index (χ2v) is 4.85. The van der Waals surface area contributed by atoms with E-state index in [4.69, 9.17) is 20.9 Å². The molecule has 0 bridgehead atoms. The van der Waals surface area contributed by atoms with E-state index in [-0.39, 0.29) is 18.5 Å². The third kappa shape index (κ3) is 3.70. The van der Waals surface area contributed by atoms with Gasteiger partial charge in [0.1, 0.15) is 6.10 Å². The Morgan fingerprint density at radius 2 is 2.10 bits per heavy atom. The summed E-state index contributed by atoms with van der Waals surface area (Å²) in [6, 6.07) is 7.62. The SMILES string of the molecule is Cl.Clc1ccc(Cc2noc([C@H]3CNCCO3)n2)cc1. The highest BCUT2D eigenvalue weighted by Gasteiger charge is 2.22. The highest BCUT2D eigenvalue weighted by atomic mass is 35.5. The molecule has 7 heteroatoms. The number of nitrogens with one attached hydrogen (secondary N) is 1. The summed E-state index contributed by atoms with van der Waals surface area (Å²) in [5, 5.41) is 7.93. The molecular formula is C13H15Cl2N3O2. The van der Waals surface area contributed by atoms with Gasteiger partial charge in [-0.05, 0) is 17.7 Å². The first kappa shape index (κ1) is 15.3. The Hall–Kier alpha value is -1.14. The average molecular weight is 316 g/mol. The standard InChI is InChI=1S/C13H14ClN3O2.ClH/c14-10-3-1-9(2-4-10)7-12-16-13(19-17-12)11-8-15-5-6-18-11;/h1-4,11,15H,5-8H2;1H/t11-;/m1./s1. The van der Waals surface area contributed by atoms with E-state index < -0.39 is 0 Å². The maximum Gasteiger partial charge on any atom is 0.257 e. The van der Waals surface area contributed by atoms with Crippen molar-refractivity contribution in [3.63, 3.8) is 0 Å². The van der Waals surface area contributed by atoms with Gasteiger partial charge in [0.25, 0.3) is 5.89 Å². The summed E-state index contributed by atoms with van der Waals surface area (Å²) in [7, 11) is 0. The van der Waals surface area contributed by atoms with Crippen LogP contribution in [-0.2, 0) is 11.2 Å². The fourth-order valence-electron chi connectivity index (χ4n) is 1.98. The zero-order valence-electron chi connectivity index (χ0n) is 10.7. The van der Waals surface area contributed by atoms with Crippen LogP contribution < -0.4 is 5.32 Å². The lowest BCUT2D eigenvalue weighted by molar-refractivity contribution is 0.00755. The first-order valence-electron chi connectivity index (χ1n) is 6.20. The van der Waals surface area contributed by atoms with Crippen LogP contribution in [0.25, 0.3) is 0 Å². The Bertz CT molecular complexity index is 539. The Kier molecular flexibility index (Phi) is 5.37. The fraction of sp³-hybridized carbons (Fsp3) is 0.385. The van der Waals surface area contributed by atoms with Gasteiger partial charge in [0.05, 0.1) is 6.61 Å². The van der Waals surface area contributed by atoms with Gasteiger partial charge < -0.3 is 14.6 Å². The zero-order chi connectivity index (χ0) is 13.1. The smallest absolute Gasteiger partial charge is 0.257 e. The van der Waals surface area contributed by atoms with E-state index in [0.717, 1.165) is 17.1 Å². The van der Waals surface area contributed by atoms with Crippen LogP contribution in [0, 0.1) is 0 Å². The number of rotatable bonds is 3. The molecule has 0 aliphatic carbocycles.